The zero-order valence-corrected chi connectivity index (χ0v) is 48.8. The summed E-state index contributed by atoms with van der Waals surface area (Å²) in [5, 5.41) is 0. The summed E-state index contributed by atoms with van der Waals surface area (Å²) in [5.74, 6) is -0.905. The normalized spacial score (nSPS) is 12.6. The van der Waals surface area contributed by atoms with E-state index < -0.39 is 6.10 Å². The van der Waals surface area contributed by atoms with Crippen molar-refractivity contribution < 1.29 is 28.6 Å². The molecule has 0 aliphatic heterocycles. The van der Waals surface area contributed by atoms with Gasteiger partial charge in [-0.15, -0.1) is 0 Å². The summed E-state index contributed by atoms with van der Waals surface area (Å²) in [5.41, 5.74) is 0. The van der Waals surface area contributed by atoms with Crippen molar-refractivity contribution >= 4 is 17.9 Å². The van der Waals surface area contributed by atoms with Gasteiger partial charge in [-0.05, 0) is 89.9 Å². The number of rotatable bonds is 57. The van der Waals surface area contributed by atoms with Crippen molar-refractivity contribution in [1.82, 2.24) is 0 Å². The first-order valence-electron chi connectivity index (χ1n) is 31.6. The predicted molar refractivity (Wildman–Crippen MR) is 321 cm³/mol. The minimum absolute atomic E-state index is 0.0858. The van der Waals surface area contributed by atoms with Crippen molar-refractivity contribution in [2.45, 2.75) is 316 Å². The largest absolute Gasteiger partial charge is 0.462 e. The molecule has 0 radical (unpaired) electrons. The molecule has 0 bridgehead atoms. The van der Waals surface area contributed by atoms with Crippen LogP contribution in [0.15, 0.2) is 85.1 Å². The summed E-state index contributed by atoms with van der Waals surface area (Å²) in [7, 11) is 0. The highest BCUT2D eigenvalue weighted by atomic mass is 16.6. The third-order valence-electron chi connectivity index (χ3n) is 13.6. The van der Waals surface area contributed by atoms with Crippen LogP contribution in [0.5, 0.6) is 0 Å². The van der Waals surface area contributed by atoms with Crippen LogP contribution in [-0.2, 0) is 28.6 Å². The first-order valence-corrected chi connectivity index (χ1v) is 31.6. The molecule has 6 nitrogen and oxygen atoms in total. The van der Waals surface area contributed by atoms with E-state index in [-0.39, 0.29) is 31.1 Å². The van der Waals surface area contributed by atoms with Crippen molar-refractivity contribution in [2.24, 2.45) is 0 Å². The van der Waals surface area contributed by atoms with E-state index in [2.05, 4.69) is 106 Å². The third-order valence-corrected chi connectivity index (χ3v) is 13.6. The van der Waals surface area contributed by atoms with Gasteiger partial charge in [0.15, 0.2) is 6.10 Å². The van der Waals surface area contributed by atoms with Crippen LogP contribution >= 0.6 is 0 Å². The van der Waals surface area contributed by atoms with Crippen LogP contribution in [0, 0.1) is 0 Å². The fourth-order valence-electron chi connectivity index (χ4n) is 8.98. The quantitative estimate of drug-likeness (QED) is 0.0261. The van der Waals surface area contributed by atoms with Crippen molar-refractivity contribution in [1.29, 1.82) is 0 Å². The van der Waals surface area contributed by atoms with Crippen LogP contribution in [-0.4, -0.2) is 37.2 Å². The molecule has 0 fully saturated rings. The Labute approximate surface area is 458 Å². The van der Waals surface area contributed by atoms with Gasteiger partial charge in [0.1, 0.15) is 13.2 Å². The summed E-state index contributed by atoms with van der Waals surface area (Å²) in [4.78, 5) is 38.3. The summed E-state index contributed by atoms with van der Waals surface area (Å²) in [6, 6.07) is 0. The second-order valence-corrected chi connectivity index (χ2v) is 20.9. The predicted octanol–water partition coefficient (Wildman–Crippen LogP) is 21.5. The molecule has 0 aromatic carbocycles. The lowest BCUT2D eigenvalue weighted by atomic mass is 10.0. The average Bonchev–Trinajstić information content (AvgIpc) is 3.40. The van der Waals surface area contributed by atoms with E-state index >= 15 is 0 Å². The maximum atomic E-state index is 12.9. The van der Waals surface area contributed by atoms with Gasteiger partial charge in [-0.3, -0.25) is 14.4 Å². The van der Waals surface area contributed by atoms with Crippen molar-refractivity contribution in [2.75, 3.05) is 13.2 Å². The Morgan fingerprint density at radius 2 is 0.527 bits per heavy atom. The van der Waals surface area contributed by atoms with E-state index in [0.29, 0.717) is 19.3 Å². The van der Waals surface area contributed by atoms with Gasteiger partial charge in [-0.1, -0.05) is 286 Å². The molecule has 0 aromatic rings. The van der Waals surface area contributed by atoms with Gasteiger partial charge < -0.3 is 14.2 Å². The maximum Gasteiger partial charge on any atom is 0.306 e. The Kier molecular flexibility index (Phi) is 59.3. The molecule has 0 N–H and O–H groups in total. The van der Waals surface area contributed by atoms with Gasteiger partial charge in [0.2, 0.25) is 0 Å². The van der Waals surface area contributed by atoms with Crippen molar-refractivity contribution in [3.63, 3.8) is 0 Å². The lowest BCUT2D eigenvalue weighted by Crippen LogP contribution is -2.30. The highest BCUT2D eigenvalue weighted by Crippen LogP contribution is 2.17. The van der Waals surface area contributed by atoms with E-state index in [9.17, 15) is 14.4 Å². The van der Waals surface area contributed by atoms with Crippen LogP contribution in [0.2, 0.25) is 0 Å². The van der Waals surface area contributed by atoms with Crippen LogP contribution in [0.1, 0.15) is 310 Å². The van der Waals surface area contributed by atoms with Gasteiger partial charge in [0.25, 0.3) is 0 Å². The first-order chi connectivity index (χ1) is 36.5. The highest BCUT2D eigenvalue weighted by Gasteiger charge is 2.19. The topological polar surface area (TPSA) is 78.9 Å². The molecule has 0 aliphatic rings. The number of allylic oxidation sites excluding steroid dienone is 14. The van der Waals surface area contributed by atoms with Gasteiger partial charge in [0.05, 0.1) is 0 Å². The SMILES string of the molecule is CC/C=C\C/C=C\C/C=C\C/C=C\CCCCCCCCC(=O)OC(COC(=O)CCCCCCC/C=C\C/C=C\C/C=C\CC)COC(=O)CCCCCCCCCCCCCCCCCCCCCCCC. The second kappa shape index (κ2) is 62.1. The minimum atomic E-state index is -0.792. The Morgan fingerprint density at radius 3 is 0.824 bits per heavy atom. The lowest BCUT2D eigenvalue weighted by Gasteiger charge is -2.18. The molecule has 0 saturated carbocycles. The molecule has 1 atom stereocenters. The summed E-state index contributed by atoms with van der Waals surface area (Å²) >= 11 is 0. The molecule has 6 heteroatoms. The Hall–Kier alpha value is -3.41. The van der Waals surface area contributed by atoms with Crippen LogP contribution in [0.3, 0.4) is 0 Å². The molecule has 0 saturated heterocycles. The number of esters is 3. The number of carbonyl (C=O) groups excluding carboxylic acids is 3. The first kappa shape index (κ1) is 70.6. The number of ether oxygens (including phenoxy) is 3. The molecule has 0 rings (SSSR count). The van der Waals surface area contributed by atoms with Gasteiger partial charge in [0, 0.05) is 19.3 Å². The average molecular weight is 1030 g/mol. The zero-order chi connectivity index (χ0) is 53.6. The second-order valence-electron chi connectivity index (χ2n) is 20.9. The minimum Gasteiger partial charge on any atom is -0.462 e. The summed E-state index contributed by atoms with van der Waals surface area (Å²) in [6.45, 7) is 6.43. The number of carbonyl (C=O) groups is 3. The maximum absolute atomic E-state index is 12.9. The molecular weight excluding hydrogens is 913 g/mol. The Balaban J connectivity index is 4.37. The fraction of sp³-hybridized carbons (Fsp3) is 0.750. The monoisotopic (exact) mass is 1030 g/mol. The Morgan fingerprint density at radius 1 is 0.284 bits per heavy atom. The van der Waals surface area contributed by atoms with Crippen molar-refractivity contribution in [3.8, 4) is 0 Å². The number of hydrogen-bond acceptors (Lipinski definition) is 6. The smallest absolute Gasteiger partial charge is 0.306 e. The van der Waals surface area contributed by atoms with Crippen LogP contribution < -0.4 is 0 Å². The van der Waals surface area contributed by atoms with Crippen molar-refractivity contribution in [3.05, 3.63) is 85.1 Å². The van der Waals surface area contributed by atoms with E-state index in [1.807, 2.05) is 0 Å². The molecule has 74 heavy (non-hydrogen) atoms. The van der Waals surface area contributed by atoms with E-state index in [1.54, 1.807) is 0 Å². The van der Waals surface area contributed by atoms with Gasteiger partial charge in [-0.25, -0.2) is 0 Å². The standard InChI is InChI=1S/C68H118O6/c1-4-7-10-13-16-19-22-25-28-30-32-33-34-36-37-40-43-46-49-52-55-58-61-67(70)73-64-65(63-72-66(69)60-57-54-51-48-45-42-39-27-24-21-18-15-12-9-6-3)74-68(71)62-59-56-53-50-47-44-41-38-35-31-29-26-23-20-17-14-11-8-5-2/h8-9,11-12,17-18,20-21,26-27,29,35,38-39,65H,4-7,10,13-16,19,22-25,28,30-34,36-37,40-64H2,1-3H3/b11-8-,12-9-,20-17-,21-18-,29-26-,38-35-,39-27-. The molecule has 0 heterocycles. The van der Waals surface area contributed by atoms with E-state index in [4.69, 9.17) is 14.2 Å². The van der Waals surface area contributed by atoms with Gasteiger partial charge >= 0.3 is 17.9 Å². The molecule has 1 unspecified atom stereocenters. The third kappa shape index (κ3) is 59.5. The molecule has 0 spiro atoms. The summed E-state index contributed by atoms with van der Waals surface area (Å²) < 4.78 is 16.9. The number of unbranched alkanes of at least 4 members (excludes halogenated alkanes) is 32. The molecule has 0 amide bonds. The zero-order valence-electron chi connectivity index (χ0n) is 48.8. The summed E-state index contributed by atoms with van der Waals surface area (Å²) in [6.07, 6.45) is 81.6. The van der Waals surface area contributed by atoms with E-state index in [0.717, 1.165) is 135 Å². The molecule has 426 valence electrons. The Bertz CT molecular complexity index is 1420. The van der Waals surface area contributed by atoms with E-state index in [1.165, 1.54) is 135 Å². The molecule has 0 aromatic heterocycles. The molecular formula is C68H118O6. The fourth-order valence-corrected chi connectivity index (χ4v) is 8.98. The van der Waals surface area contributed by atoms with Crippen LogP contribution in [0.25, 0.3) is 0 Å². The highest BCUT2D eigenvalue weighted by molar-refractivity contribution is 5.71. The van der Waals surface area contributed by atoms with Crippen LogP contribution in [0.4, 0.5) is 0 Å². The van der Waals surface area contributed by atoms with Gasteiger partial charge in [-0.2, -0.15) is 0 Å². The molecule has 0 aliphatic carbocycles. The lowest BCUT2D eigenvalue weighted by molar-refractivity contribution is -0.167. The number of hydrogen-bond donors (Lipinski definition) is 0.